The van der Waals surface area contributed by atoms with E-state index in [1.54, 1.807) is 0 Å². The molecule has 0 spiro atoms. The van der Waals surface area contributed by atoms with Crippen LogP contribution in [-0.2, 0) is 21.8 Å². The summed E-state index contributed by atoms with van der Waals surface area (Å²) < 4.78 is 8.38. The predicted octanol–water partition coefficient (Wildman–Crippen LogP) is -3.16. The molecule has 0 heterocycles. The molecule has 0 amide bonds. The summed E-state index contributed by atoms with van der Waals surface area (Å²) in [6.07, 6.45) is 0. The standard InChI is InChI=1S/Li.Mg.O.Zn.3H/q+1;+2;;;3*-1. The van der Waals surface area contributed by atoms with Crippen LogP contribution in [0, 0.1) is 0 Å². The van der Waals surface area contributed by atoms with E-state index in [9.17, 15) is 0 Å². The van der Waals surface area contributed by atoms with Gasteiger partial charge in [-0.15, -0.1) is 0 Å². The normalized spacial score (nSPS) is 1.50. The molecule has 14 valence electrons. The molecule has 0 radical (unpaired) electrons. The van der Waals surface area contributed by atoms with Gasteiger partial charge in [0, 0.05) is 0 Å². The molecule has 0 aliphatic carbocycles. The Bertz CT molecular complexity index is 14.9. The van der Waals surface area contributed by atoms with Gasteiger partial charge in [-0.1, -0.05) is 0 Å². The second-order valence-corrected chi connectivity index (χ2v) is 0. The molecule has 0 fully saturated rings. The fourth-order valence-corrected chi connectivity index (χ4v) is 0. The van der Waals surface area contributed by atoms with Gasteiger partial charge in [-0.05, 0) is 0 Å². The third-order valence-corrected chi connectivity index (χ3v) is 0. The van der Waals surface area contributed by atoms with Crippen molar-refractivity contribution >= 4 is 23.1 Å². The van der Waals surface area contributed by atoms with E-state index in [0.717, 1.165) is 0 Å². The monoisotopic (exact) mass is 114 g/mol. The molecular weight excluding hydrogens is 113 g/mol. The molecule has 0 N–H and O–H groups in total. The first-order valence-electron chi connectivity index (χ1n) is 0.289. The molecular formula is H3LiMgOZn. The minimum atomic E-state index is 0. The summed E-state index contributed by atoms with van der Waals surface area (Å²) >= 11 is 0.125. The number of hydrogen-bond donors (Lipinski definition) is 0. The van der Waals surface area contributed by atoms with Crippen LogP contribution in [0.1, 0.15) is 4.28 Å². The van der Waals surface area contributed by atoms with Crippen molar-refractivity contribution in [2.45, 2.75) is 0 Å². The molecule has 0 rings (SSSR count). The van der Waals surface area contributed by atoms with Crippen LogP contribution in [0.25, 0.3) is 0 Å². The topological polar surface area (TPSA) is 17.1 Å². The van der Waals surface area contributed by atoms with Gasteiger partial charge in [0.15, 0.2) is 0 Å². The van der Waals surface area contributed by atoms with E-state index in [1.165, 1.54) is 0 Å². The molecule has 4 heavy (non-hydrogen) atoms. The van der Waals surface area contributed by atoms with Crippen molar-refractivity contribution in [2.24, 2.45) is 0 Å². The van der Waals surface area contributed by atoms with Gasteiger partial charge in [0.25, 0.3) is 0 Å². The maximum absolute atomic E-state index is 8.38. The second kappa shape index (κ2) is 21.5. The van der Waals surface area contributed by atoms with E-state index < -0.39 is 0 Å². The molecule has 0 saturated heterocycles. The maximum atomic E-state index is 8.38. The van der Waals surface area contributed by atoms with Gasteiger partial charge in [0.1, 0.15) is 0 Å². The van der Waals surface area contributed by atoms with E-state index in [1.807, 2.05) is 0 Å². The van der Waals surface area contributed by atoms with Crippen molar-refractivity contribution in [3.8, 4) is 0 Å². The molecule has 1 nitrogen and oxygen atoms in total. The average Bonchev–Trinajstić information content (AvgIpc) is 1.00. The summed E-state index contributed by atoms with van der Waals surface area (Å²) in [5.74, 6) is 0. The van der Waals surface area contributed by atoms with Crippen molar-refractivity contribution in [2.75, 3.05) is 0 Å². The zero-order chi connectivity index (χ0) is 2.00. The Kier molecular flexibility index (Phi) is 91.8. The summed E-state index contributed by atoms with van der Waals surface area (Å²) in [4.78, 5) is 0. The van der Waals surface area contributed by atoms with Crippen LogP contribution in [-0.4, -0.2) is 23.1 Å². The van der Waals surface area contributed by atoms with Crippen molar-refractivity contribution < 1.29 is 45.0 Å². The van der Waals surface area contributed by atoms with Gasteiger partial charge in [0.05, 0.1) is 0 Å². The van der Waals surface area contributed by atoms with E-state index in [-0.39, 0.29) is 64.4 Å². The van der Waals surface area contributed by atoms with Gasteiger partial charge >= 0.3 is 63.7 Å². The molecule has 0 aromatic carbocycles. The van der Waals surface area contributed by atoms with Crippen LogP contribution < -0.4 is 18.9 Å². The quantitative estimate of drug-likeness (QED) is 0.305. The Hall–Kier alpha value is 1.79. The van der Waals surface area contributed by atoms with Crippen LogP contribution in [0.4, 0.5) is 0 Å². The Labute approximate surface area is 67.6 Å². The first-order valence-corrected chi connectivity index (χ1v) is 1.50. The van der Waals surface area contributed by atoms with E-state index in [0.29, 0.717) is 0 Å². The fraction of sp³-hybridized carbons (Fsp3) is 0. The molecule has 0 atom stereocenters. The predicted molar refractivity (Wildman–Crippen MR) is 9.78 cm³/mol. The Morgan fingerprint density at radius 2 is 1.50 bits per heavy atom. The molecule has 0 aliphatic heterocycles. The second-order valence-electron chi connectivity index (χ2n) is 0. The molecule has 0 aliphatic rings. The Morgan fingerprint density at radius 1 is 1.50 bits per heavy atom. The van der Waals surface area contributed by atoms with Crippen molar-refractivity contribution in [1.82, 2.24) is 0 Å². The third kappa shape index (κ3) is 9.21. The Balaban J connectivity index is -0.000000000500. The van der Waals surface area contributed by atoms with Crippen molar-refractivity contribution in [3.05, 3.63) is 0 Å². The number of hydrogen-bond acceptors (Lipinski definition) is 1. The summed E-state index contributed by atoms with van der Waals surface area (Å²) in [6, 6.07) is 0. The van der Waals surface area contributed by atoms with Crippen LogP contribution in [0.2, 0.25) is 0 Å². The molecule has 0 unspecified atom stereocenters. The molecule has 0 bridgehead atoms. The molecule has 0 aromatic rings. The van der Waals surface area contributed by atoms with Crippen LogP contribution in [0.15, 0.2) is 0 Å². The van der Waals surface area contributed by atoms with Gasteiger partial charge in [0.2, 0.25) is 0 Å². The summed E-state index contributed by atoms with van der Waals surface area (Å²) in [5, 5.41) is 0. The van der Waals surface area contributed by atoms with Gasteiger partial charge in [-0.3, -0.25) is 0 Å². The molecule has 0 aromatic heterocycles. The van der Waals surface area contributed by atoms with E-state index >= 15 is 0 Å². The first kappa shape index (κ1) is 17.1. The van der Waals surface area contributed by atoms with Gasteiger partial charge in [-0.2, -0.15) is 0 Å². The zero-order valence-corrected chi connectivity index (χ0v) is 7.20. The summed E-state index contributed by atoms with van der Waals surface area (Å²) in [5.41, 5.74) is 0. The van der Waals surface area contributed by atoms with E-state index in [2.05, 4.69) is 0 Å². The summed E-state index contributed by atoms with van der Waals surface area (Å²) in [7, 11) is 0. The third-order valence-electron chi connectivity index (χ3n) is 0. The minimum absolute atomic E-state index is 0. The number of rotatable bonds is 0. The molecule has 0 saturated carbocycles. The van der Waals surface area contributed by atoms with Gasteiger partial charge < -0.3 is 4.28 Å². The summed E-state index contributed by atoms with van der Waals surface area (Å²) in [6.45, 7) is 0. The van der Waals surface area contributed by atoms with Crippen molar-refractivity contribution in [3.63, 3.8) is 0 Å². The van der Waals surface area contributed by atoms with E-state index in [4.69, 9.17) is 3.57 Å². The Morgan fingerprint density at radius 3 is 1.50 bits per heavy atom. The molecule has 4 heteroatoms. The van der Waals surface area contributed by atoms with Crippen LogP contribution >= 0.6 is 0 Å². The first-order chi connectivity index (χ1) is 1.00. The van der Waals surface area contributed by atoms with Crippen LogP contribution in [0.5, 0.6) is 0 Å². The van der Waals surface area contributed by atoms with Crippen LogP contribution in [0.3, 0.4) is 0 Å². The SMILES string of the molecule is [H-].[H-].[H-].[Li+].[Mg+2].[O]=[Zn]. The zero-order valence-electron chi connectivity index (χ0n) is 5.82. The van der Waals surface area contributed by atoms with Crippen molar-refractivity contribution in [1.29, 1.82) is 0 Å². The van der Waals surface area contributed by atoms with Gasteiger partial charge in [-0.25, -0.2) is 0 Å². The average molecular weight is 116 g/mol. The fourth-order valence-electron chi connectivity index (χ4n) is 0.